The Balaban J connectivity index is -0.000000152. The molecule has 0 aromatic carbocycles. The molecule has 1 unspecified atom stereocenters. The Morgan fingerprint density at radius 3 is 1.93 bits per heavy atom. The average Bonchev–Trinajstić information content (AvgIpc) is 3.40. The number of nitrogens with zero attached hydrogens (tertiary/aromatic N) is 2. The van der Waals surface area contributed by atoms with Crippen LogP contribution < -0.4 is 16.4 Å². The zero-order valence-electron chi connectivity index (χ0n) is 30.1. The molecule has 2 saturated heterocycles. The standard InChI is InChI=1S/C12H24N2O.C8H14N2O2.C5H10.C3H8.C2H4O2.C2H6.CH5N/c1-12(2,3)10(13-4)9-14-8-6-5-7-11(14)15;1-7-3-2-4-10(7)8(12)5-9-6-11;1-3-5-4-2;1-3-2;1-2(3)4;2*1-2/h10,13H,5-9H2,1-4H3;6-7H,2-5H2,1H3,(H,9,11);3H,1,4-5H2,2H3;3H2,1-2H3;1H3,(H,3,4);1-2H3;2H2,1H3/t;7-;;;;;/m.1...../s1. The maximum absolute atomic E-state index is 11.7. The number of carbonyl (C=O) groups is 4. The third-order valence-corrected chi connectivity index (χ3v) is 5.92. The fourth-order valence-electron chi connectivity index (χ4n) is 3.81. The zero-order valence-corrected chi connectivity index (χ0v) is 30.1. The number of allylic oxidation sites excluding steroid dienone is 1. The van der Waals surface area contributed by atoms with Crippen molar-refractivity contribution in [3.05, 3.63) is 12.7 Å². The molecular formula is C33H71N5O5. The van der Waals surface area contributed by atoms with Gasteiger partial charge in [0, 0.05) is 45.1 Å². The van der Waals surface area contributed by atoms with Gasteiger partial charge in [0.15, 0.2) is 0 Å². The summed E-state index contributed by atoms with van der Waals surface area (Å²) in [5.74, 6) is -0.488. The highest BCUT2D eigenvalue weighted by atomic mass is 16.4. The number of aliphatic carboxylic acids is 1. The second kappa shape index (κ2) is 35.7. The first-order chi connectivity index (χ1) is 20.3. The van der Waals surface area contributed by atoms with Gasteiger partial charge in [-0.25, -0.2) is 0 Å². The highest BCUT2D eigenvalue weighted by Crippen LogP contribution is 2.21. The van der Waals surface area contributed by atoms with Gasteiger partial charge in [-0.2, -0.15) is 0 Å². The van der Waals surface area contributed by atoms with Crippen molar-refractivity contribution in [1.82, 2.24) is 20.4 Å². The summed E-state index contributed by atoms with van der Waals surface area (Å²) in [5.41, 5.74) is 4.70. The second-order valence-corrected chi connectivity index (χ2v) is 10.9. The van der Waals surface area contributed by atoms with E-state index in [0.29, 0.717) is 24.4 Å². The molecule has 5 N–H and O–H groups in total. The molecule has 3 amide bonds. The number of carboxylic acid groups (broad SMARTS) is 1. The SMILES string of the molecule is C=CCCC.CC.CC(=O)O.CCC.CN.CNC(CN1CCCCC1=O)C(C)(C)C.C[C@@H]1CCCN1C(=O)CNC=O. The number of unbranched alkanes of at least 4 members (excludes halogenated alkanes) is 1. The van der Waals surface area contributed by atoms with Crippen LogP contribution in [0.5, 0.6) is 0 Å². The highest BCUT2D eigenvalue weighted by Gasteiger charge is 2.28. The van der Waals surface area contributed by atoms with Gasteiger partial charge < -0.3 is 31.3 Å². The van der Waals surface area contributed by atoms with Crippen molar-refractivity contribution in [1.29, 1.82) is 0 Å². The molecule has 0 saturated carbocycles. The van der Waals surface area contributed by atoms with Gasteiger partial charge >= 0.3 is 0 Å². The Bertz CT molecular complexity index is 665. The molecule has 10 heteroatoms. The van der Waals surface area contributed by atoms with Gasteiger partial charge in [-0.15, -0.1) is 6.58 Å². The fourth-order valence-corrected chi connectivity index (χ4v) is 3.81. The summed E-state index contributed by atoms with van der Waals surface area (Å²) in [4.78, 5) is 45.7. The van der Waals surface area contributed by atoms with E-state index >= 15 is 0 Å². The Kier molecular flexibility index (Phi) is 41.7. The number of likely N-dealkylation sites (N-methyl/N-ethyl adjacent to an activating group) is 1. The van der Waals surface area contributed by atoms with Gasteiger partial charge in [0.1, 0.15) is 0 Å². The summed E-state index contributed by atoms with van der Waals surface area (Å²) in [5, 5.41) is 13.1. The van der Waals surface area contributed by atoms with Gasteiger partial charge in [0.25, 0.3) is 5.97 Å². The summed E-state index contributed by atoms with van der Waals surface area (Å²) in [6.07, 6.45) is 11.2. The number of hydrogen-bond acceptors (Lipinski definition) is 6. The molecule has 2 rings (SSSR count). The van der Waals surface area contributed by atoms with E-state index in [1.54, 1.807) is 0 Å². The summed E-state index contributed by atoms with van der Waals surface area (Å²) >= 11 is 0. The van der Waals surface area contributed by atoms with Crippen molar-refractivity contribution < 1.29 is 24.3 Å². The average molecular weight is 618 g/mol. The van der Waals surface area contributed by atoms with E-state index in [4.69, 9.17) is 9.90 Å². The molecular weight excluding hydrogens is 546 g/mol. The van der Waals surface area contributed by atoms with Gasteiger partial charge in [-0.3, -0.25) is 19.2 Å². The number of likely N-dealkylation sites (tertiary alicyclic amines) is 2. The van der Waals surface area contributed by atoms with Crippen molar-refractivity contribution in [3.63, 3.8) is 0 Å². The number of carbonyl (C=O) groups excluding carboxylic acids is 3. The first-order valence-corrected chi connectivity index (χ1v) is 16.1. The monoisotopic (exact) mass is 618 g/mol. The number of amides is 3. The fraction of sp³-hybridized carbons (Fsp3) is 0.818. The Morgan fingerprint density at radius 1 is 1.12 bits per heavy atom. The van der Waals surface area contributed by atoms with Crippen LogP contribution in [0.3, 0.4) is 0 Å². The number of hydrogen-bond donors (Lipinski definition) is 4. The normalized spacial score (nSPS) is 15.6. The molecule has 0 spiro atoms. The Morgan fingerprint density at radius 2 is 1.63 bits per heavy atom. The van der Waals surface area contributed by atoms with Gasteiger partial charge in [-0.1, -0.05) is 74.3 Å². The molecule has 0 aromatic rings. The lowest BCUT2D eigenvalue weighted by Gasteiger charge is -2.36. The van der Waals surface area contributed by atoms with Crippen LogP contribution in [-0.2, 0) is 19.2 Å². The molecule has 10 nitrogen and oxygen atoms in total. The molecule has 2 atom stereocenters. The summed E-state index contributed by atoms with van der Waals surface area (Å²) < 4.78 is 0. The molecule has 0 radical (unpaired) electrons. The number of nitrogens with one attached hydrogen (secondary N) is 2. The Labute approximate surface area is 265 Å². The van der Waals surface area contributed by atoms with Crippen LogP contribution in [0.25, 0.3) is 0 Å². The van der Waals surface area contributed by atoms with Crippen LogP contribution in [0.2, 0.25) is 0 Å². The summed E-state index contributed by atoms with van der Waals surface area (Å²) in [6.45, 7) is 26.4. The molecule has 0 aromatic heterocycles. The van der Waals surface area contributed by atoms with Crippen molar-refractivity contribution in [2.24, 2.45) is 11.1 Å². The lowest BCUT2D eigenvalue weighted by atomic mass is 9.86. The maximum atomic E-state index is 11.7. The van der Waals surface area contributed by atoms with E-state index in [-0.39, 0.29) is 17.9 Å². The Hall–Kier alpha value is -2.46. The predicted molar refractivity (Wildman–Crippen MR) is 183 cm³/mol. The van der Waals surface area contributed by atoms with E-state index in [1.807, 2.05) is 43.7 Å². The lowest BCUT2D eigenvalue weighted by Crippen LogP contribution is -2.50. The van der Waals surface area contributed by atoms with Crippen LogP contribution in [0.1, 0.15) is 121 Å². The molecule has 0 bridgehead atoms. The van der Waals surface area contributed by atoms with E-state index in [2.05, 4.69) is 64.5 Å². The maximum Gasteiger partial charge on any atom is 0.300 e. The van der Waals surface area contributed by atoms with E-state index in [1.165, 1.54) is 19.9 Å². The van der Waals surface area contributed by atoms with Crippen LogP contribution in [0.4, 0.5) is 0 Å². The predicted octanol–water partition coefficient (Wildman–Crippen LogP) is 5.46. The van der Waals surface area contributed by atoms with Crippen molar-refractivity contribution in [2.45, 2.75) is 133 Å². The molecule has 2 aliphatic rings. The molecule has 258 valence electrons. The molecule has 2 fully saturated rings. The highest BCUT2D eigenvalue weighted by molar-refractivity contribution is 5.80. The van der Waals surface area contributed by atoms with Gasteiger partial charge in [0.2, 0.25) is 18.2 Å². The molecule has 2 aliphatic heterocycles. The van der Waals surface area contributed by atoms with Gasteiger partial charge in [0.05, 0.1) is 6.54 Å². The lowest BCUT2D eigenvalue weighted by molar-refractivity contribution is -0.135. The molecule has 0 aliphatic carbocycles. The van der Waals surface area contributed by atoms with Crippen LogP contribution >= 0.6 is 0 Å². The number of nitrogens with two attached hydrogens (primary N) is 1. The van der Waals surface area contributed by atoms with E-state index in [9.17, 15) is 14.4 Å². The van der Waals surface area contributed by atoms with Crippen LogP contribution in [0, 0.1) is 5.41 Å². The van der Waals surface area contributed by atoms with Crippen molar-refractivity contribution in [2.75, 3.05) is 40.3 Å². The molecule has 43 heavy (non-hydrogen) atoms. The van der Waals surface area contributed by atoms with Crippen molar-refractivity contribution in [3.8, 4) is 0 Å². The third kappa shape index (κ3) is 33.9. The number of carboxylic acids is 1. The first kappa shape index (κ1) is 50.2. The topological polar surface area (TPSA) is 145 Å². The quantitative estimate of drug-likeness (QED) is 0.209. The summed E-state index contributed by atoms with van der Waals surface area (Å²) in [7, 11) is 3.48. The zero-order chi connectivity index (χ0) is 34.9. The van der Waals surface area contributed by atoms with Crippen LogP contribution in [0.15, 0.2) is 12.7 Å². The van der Waals surface area contributed by atoms with Gasteiger partial charge in [-0.05, 0) is 58.5 Å². The minimum atomic E-state index is -0.833. The van der Waals surface area contributed by atoms with E-state index < -0.39 is 5.97 Å². The minimum absolute atomic E-state index is 0.0205. The molecule has 2 heterocycles. The number of piperidine rings is 1. The largest absolute Gasteiger partial charge is 0.481 e. The number of rotatable bonds is 8. The third-order valence-electron chi connectivity index (χ3n) is 5.92. The van der Waals surface area contributed by atoms with Crippen molar-refractivity contribution >= 4 is 24.2 Å². The smallest absolute Gasteiger partial charge is 0.300 e. The second-order valence-electron chi connectivity index (χ2n) is 10.9. The van der Waals surface area contributed by atoms with Crippen LogP contribution in [-0.4, -0.2) is 91.5 Å². The first-order valence-electron chi connectivity index (χ1n) is 16.1. The summed E-state index contributed by atoms with van der Waals surface area (Å²) in [6, 6.07) is 0.713. The minimum Gasteiger partial charge on any atom is -0.481 e. The van der Waals surface area contributed by atoms with E-state index in [0.717, 1.165) is 65.1 Å².